The molecule has 0 spiro atoms. The summed E-state index contributed by atoms with van der Waals surface area (Å²) in [5, 5.41) is 7.60. The highest BCUT2D eigenvalue weighted by atomic mass is 16.5. The van der Waals surface area contributed by atoms with Crippen LogP contribution in [0, 0.1) is 0 Å². The summed E-state index contributed by atoms with van der Waals surface area (Å²) < 4.78 is 5.37. The van der Waals surface area contributed by atoms with Crippen LogP contribution < -0.4 is 15.4 Å². The zero-order chi connectivity index (χ0) is 22.2. The molecule has 0 bridgehead atoms. The fourth-order valence-corrected chi connectivity index (χ4v) is 3.50. The van der Waals surface area contributed by atoms with E-state index < -0.39 is 0 Å². The van der Waals surface area contributed by atoms with Crippen molar-refractivity contribution in [2.45, 2.75) is 12.8 Å². The standard InChI is InChI=1S/C10H11N.C9H9NO.C9H7N/c1-8-6-7-9-4-2-3-5-10(9)11-8;1-7-6-11-9-5-3-2-4-8(9)10-7;1-2-6-9-8(4-1)5-3-7-10-9/h2-5,11H,1,6-7H2;2-5,10H,1,6H2;1-7H. The Hall–Kier alpha value is -4.05. The van der Waals surface area contributed by atoms with Crippen LogP contribution in [0.15, 0.2) is 116 Å². The lowest BCUT2D eigenvalue weighted by Crippen LogP contribution is -2.14. The van der Waals surface area contributed by atoms with Crippen molar-refractivity contribution in [2.75, 3.05) is 17.2 Å². The van der Waals surface area contributed by atoms with Gasteiger partial charge < -0.3 is 15.4 Å². The van der Waals surface area contributed by atoms with Gasteiger partial charge in [-0.25, -0.2) is 0 Å². The fourth-order valence-electron chi connectivity index (χ4n) is 3.50. The van der Waals surface area contributed by atoms with E-state index in [9.17, 15) is 0 Å². The van der Waals surface area contributed by atoms with E-state index in [4.69, 9.17) is 4.74 Å². The summed E-state index contributed by atoms with van der Waals surface area (Å²) >= 11 is 0. The summed E-state index contributed by atoms with van der Waals surface area (Å²) in [7, 11) is 0. The Kier molecular flexibility index (Phi) is 6.83. The first-order valence-corrected chi connectivity index (χ1v) is 10.7. The van der Waals surface area contributed by atoms with E-state index in [1.165, 1.54) is 16.6 Å². The second-order valence-electron chi connectivity index (χ2n) is 7.60. The summed E-state index contributed by atoms with van der Waals surface area (Å²) in [4.78, 5) is 4.18. The molecule has 2 N–H and O–H groups in total. The Morgan fingerprint density at radius 3 is 2.25 bits per heavy atom. The summed E-state index contributed by atoms with van der Waals surface area (Å²) in [5.74, 6) is 0.903. The molecule has 3 aromatic carbocycles. The molecule has 0 fully saturated rings. The number of rotatable bonds is 0. The minimum atomic E-state index is 0.566. The lowest BCUT2D eigenvalue weighted by molar-refractivity contribution is 0.346. The van der Waals surface area contributed by atoms with Gasteiger partial charge in [0.1, 0.15) is 12.4 Å². The number of anilines is 2. The smallest absolute Gasteiger partial charge is 0.143 e. The van der Waals surface area contributed by atoms with Crippen LogP contribution in [0.4, 0.5) is 11.4 Å². The van der Waals surface area contributed by atoms with Crippen LogP contribution in [0.2, 0.25) is 0 Å². The molecule has 0 unspecified atom stereocenters. The van der Waals surface area contributed by atoms with Crippen LogP contribution in [-0.2, 0) is 6.42 Å². The van der Waals surface area contributed by atoms with Gasteiger partial charge in [-0.15, -0.1) is 0 Å². The van der Waals surface area contributed by atoms with E-state index in [1.54, 1.807) is 0 Å². The number of aryl methyl sites for hydroxylation is 1. The average molecular weight is 422 g/mol. The second kappa shape index (κ2) is 10.3. The molecule has 1 aromatic heterocycles. The van der Waals surface area contributed by atoms with Crippen LogP contribution in [-0.4, -0.2) is 11.6 Å². The van der Waals surface area contributed by atoms with Crippen LogP contribution >= 0.6 is 0 Å². The van der Waals surface area contributed by atoms with Crippen LogP contribution in [0.25, 0.3) is 10.9 Å². The van der Waals surface area contributed by atoms with E-state index in [-0.39, 0.29) is 0 Å². The Bertz CT molecular complexity index is 1110. The molecule has 2 aliphatic heterocycles. The zero-order valence-corrected chi connectivity index (χ0v) is 18.1. The van der Waals surface area contributed by atoms with Crippen molar-refractivity contribution in [3.63, 3.8) is 0 Å². The molecule has 0 amide bonds. The number of pyridine rings is 1. The SMILES string of the molecule is C=C1CCc2ccccc2N1.C=C1COc2ccccc2N1.c1ccc2ncccc2c1. The largest absolute Gasteiger partial charge is 0.485 e. The van der Waals surface area contributed by atoms with Gasteiger partial charge in [0.15, 0.2) is 0 Å². The van der Waals surface area contributed by atoms with Gasteiger partial charge >= 0.3 is 0 Å². The highest BCUT2D eigenvalue weighted by Crippen LogP contribution is 2.28. The number of nitrogens with zero attached hydrogens (tertiary/aromatic N) is 1. The predicted octanol–water partition coefficient (Wildman–Crippen LogP) is 6.80. The number of allylic oxidation sites excluding steroid dienone is 1. The highest BCUT2D eigenvalue weighted by Gasteiger charge is 2.09. The van der Waals surface area contributed by atoms with Gasteiger partial charge in [0.2, 0.25) is 0 Å². The molecule has 6 rings (SSSR count). The number of hydrogen-bond acceptors (Lipinski definition) is 4. The van der Waals surface area contributed by atoms with Crippen LogP contribution in [0.5, 0.6) is 5.75 Å². The third-order valence-electron chi connectivity index (χ3n) is 5.14. The van der Waals surface area contributed by atoms with Crippen molar-refractivity contribution in [1.29, 1.82) is 0 Å². The Labute approximate surface area is 189 Å². The number of fused-ring (bicyclic) bond motifs is 3. The highest BCUT2D eigenvalue weighted by molar-refractivity contribution is 5.77. The molecule has 0 radical (unpaired) electrons. The summed E-state index contributed by atoms with van der Waals surface area (Å²) in [6, 6.07) is 28.3. The van der Waals surface area contributed by atoms with Crippen LogP contribution in [0.1, 0.15) is 12.0 Å². The number of benzene rings is 3. The Balaban J connectivity index is 0.000000115. The first kappa shape index (κ1) is 21.2. The van der Waals surface area contributed by atoms with Gasteiger partial charge in [-0.3, -0.25) is 4.98 Å². The molecule has 0 atom stereocenters. The van der Waals surface area contributed by atoms with Gasteiger partial charge in [-0.1, -0.05) is 67.8 Å². The van der Waals surface area contributed by atoms with Crippen molar-refractivity contribution in [3.05, 3.63) is 121 Å². The van der Waals surface area contributed by atoms with Gasteiger partial charge in [-0.2, -0.15) is 0 Å². The number of para-hydroxylation sites is 4. The monoisotopic (exact) mass is 421 g/mol. The molecule has 0 aliphatic carbocycles. The molecular weight excluding hydrogens is 394 g/mol. The maximum absolute atomic E-state index is 5.37. The molecule has 3 heterocycles. The minimum Gasteiger partial charge on any atom is -0.485 e. The first-order chi connectivity index (χ1) is 15.7. The van der Waals surface area contributed by atoms with E-state index in [2.05, 4.69) is 59.1 Å². The first-order valence-electron chi connectivity index (χ1n) is 10.7. The quantitative estimate of drug-likeness (QED) is 0.328. The van der Waals surface area contributed by atoms with E-state index in [0.717, 1.165) is 41.2 Å². The molecule has 4 nitrogen and oxygen atoms in total. The normalized spacial score (nSPS) is 13.5. The molecule has 160 valence electrons. The van der Waals surface area contributed by atoms with E-state index >= 15 is 0 Å². The van der Waals surface area contributed by atoms with Crippen molar-refractivity contribution in [1.82, 2.24) is 4.98 Å². The van der Waals surface area contributed by atoms with Crippen molar-refractivity contribution in [3.8, 4) is 5.75 Å². The van der Waals surface area contributed by atoms with Gasteiger partial charge in [-0.05, 0) is 48.7 Å². The molecule has 32 heavy (non-hydrogen) atoms. The molecule has 4 heteroatoms. The number of aromatic nitrogens is 1. The lowest BCUT2D eigenvalue weighted by atomic mass is 10.0. The third kappa shape index (κ3) is 5.55. The summed E-state index contributed by atoms with van der Waals surface area (Å²) in [6.45, 7) is 8.25. The molecule has 0 saturated carbocycles. The van der Waals surface area contributed by atoms with Crippen LogP contribution in [0.3, 0.4) is 0 Å². The van der Waals surface area contributed by atoms with E-state index in [1.807, 2.05) is 60.8 Å². The average Bonchev–Trinajstić information content (AvgIpc) is 2.85. The van der Waals surface area contributed by atoms with Gasteiger partial charge in [0, 0.05) is 28.7 Å². The fraction of sp³-hybridized carbons (Fsp3) is 0.107. The molecular formula is C28H27N3O. The second-order valence-corrected chi connectivity index (χ2v) is 7.60. The Morgan fingerprint density at radius 2 is 1.38 bits per heavy atom. The summed E-state index contributed by atoms with van der Waals surface area (Å²) in [6.07, 6.45) is 4.00. The van der Waals surface area contributed by atoms with Gasteiger partial charge in [0.25, 0.3) is 0 Å². The number of hydrogen-bond donors (Lipinski definition) is 2. The lowest BCUT2D eigenvalue weighted by Gasteiger charge is -2.20. The molecule has 2 aliphatic rings. The van der Waals surface area contributed by atoms with Gasteiger partial charge in [0.05, 0.1) is 11.2 Å². The maximum atomic E-state index is 5.37. The number of ether oxygens (including phenoxy) is 1. The van der Waals surface area contributed by atoms with Crippen molar-refractivity contribution in [2.24, 2.45) is 0 Å². The maximum Gasteiger partial charge on any atom is 0.143 e. The predicted molar refractivity (Wildman–Crippen MR) is 134 cm³/mol. The minimum absolute atomic E-state index is 0.566. The van der Waals surface area contributed by atoms with E-state index in [0.29, 0.717) is 6.61 Å². The Morgan fingerprint density at radius 1 is 0.688 bits per heavy atom. The number of nitrogens with one attached hydrogen (secondary N) is 2. The molecule has 0 saturated heterocycles. The summed E-state index contributed by atoms with van der Waals surface area (Å²) in [5.41, 5.74) is 6.73. The van der Waals surface area contributed by atoms with Crippen molar-refractivity contribution < 1.29 is 4.74 Å². The molecule has 4 aromatic rings. The van der Waals surface area contributed by atoms with Crippen molar-refractivity contribution >= 4 is 22.3 Å². The topological polar surface area (TPSA) is 46.2 Å². The third-order valence-corrected chi connectivity index (χ3v) is 5.14. The zero-order valence-electron chi connectivity index (χ0n) is 18.1.